The Morgan fingerprint density at radius 2 is 0.357 bits per heavy atom. The first kappa shape index (κ1) is 42.4. The van der Waals surface area contributed by atoms with E-state index in [9.17, 15) is 0 Å². The molecule has 0 saturated heterocycles. The van der Waals surface area contributed by atoms with Crippen molar-refractivity contribution >= 4 is 15.2 Å². The van der Waals surface area contributed by atoms with Gasteiger partial charge < -0.3 is 0 Å². The quantitative estimate of drug-likeness (QED) is 0.0487. The Labute approximate surface area is 272 Å². The van der Waals surface area contributed by atoms with Gasteiger partial charge in [0, 0.05) is 15.2 Å². The van der Waals surface area contributed by atoms with Gasteiger partial charge in [0.2, 0.25) is 0 Å². The van der Waals surface area contributed by atoms with Crippen LogP contribution >= 0.6 is 0 Å². The molecule has 0 bridgehead atoms. The molecule has 0 radical (unpaired) electrons. The summed E-state index contributed by atoms with van der Waals surface area (Å²) >= 11 is 0. The molecule has 0 fully saturated rings. The SMILES string of the molecule is CCCCCCCCCCCCCCCCCC[Si](C)(C)[Si](C)(C)CCCCCCCCCCCCCCCCCC. The summed E-state index contributed by atoms with van der Waals surface area (Å²) in [5.41, 5.74) is 0. The molecule has 42 heavy (non-hydrogen) atoms. The normalized spacial score (nSPS) is 12.4. The lowest BCUT2D eigenvalue weighted by Gasteiger charge is -2.39. The molecule has 0 rings (SSSR count). The van der Waals surface area contributed by atoms with Crippen LogP contribution in [0.3, 0.4) is 0 Å². The summed E-state index contributed by atoms with van der Waals surface area (Å²) in [6, 6.07) is 3.23. The molecule has 0 N–H and O–H groups in total. The van der Waals surface area contributed by atoms with Gasteiger partial charge >= 0.3 is 0 Å². The zero-order chi connectivity index (χ0) is 31.0. The van der Waals surface area contributed by atoms with Crippen molar-refractivity contribution in [2.75, 3.05) is 0 Å². The summed E-state index contributed by atoms with van der Waals surface area (Å²) in [6.07, 6.45) is 47.5. The summed E-state index contributed by atoms with van der Waals surface area (Å²) in [5.74, 6) is 0. The molecule has 0 unspecified atom stereocenters. The molecule has 0 aromatic rings. The van der Waals surface area contributed by atoms with Gasteiger partial charge in [0.05, 0.1) is 0 Å². The standard InChI is InChI=1S/C40H86Si2/c1-7-9-11-13-15-17-19-21-23-25-27-29-31-33-35-37-39-41(3,4)42(5,6)40-38-36-34-32-30-28-26-24-22-20-18-16-14-12-10-8-2/h7-40H2,1-6H3. The van der Waals surface area contributed by atoms with Crippen molar-refractivity contribution in [3.63, 3.8) is 0 Å². The van der Waals surface area contributed by atoms with Crippen LogP contribution in [-0.4, -0.2) is 15.2 Å². The van der Waals surface area contributed by atoms with Gasteiger partial charge in [-0.25, -0.2) is 0 Å². The van der Waals surface area contributed by atoms with Gasteiger partial charge in [-0.15, -0.1) is 0 Å². The maximum Gasteiger partial charge on any atom is 0.0412 e. The molecule has 0 atom stereocenters. The second kappa shape index (κ2) is 31.4. The Bertz CT molecular complexity index is 466. The van der Waals surface area contributed by atoms with Crippen LogP contribution in [0.15, 0.2) is 0 Å². The van der Waals surface area contributed by atoms with Gasteiger partial charge in [0.1, 0.15) is 0 Å². The van der Waals surface area contributed by atoms with E-state index in [4.69, 9.17) is 0 Å². The predicted molar refractivity (Wildman–Crippen MR) is 204 cm³/mol. The molecule has 0 nitrogen and oxygen atoms in total. The fourth-order valence-corrected chi connectivity index (χ4v) is 15.6. The molecule has 0 amide bonds. The van der Waals surface area contributed by atoms with Crippen molar-refractivity contribution in [2.45, 2.75) is 258 Å². The van der Waals surface area contributed by atoms with Crippen LogP contribution in [0.5, 0.6) is 0 Å². The first-order valence-corrected chi connectivity index (χ1v) is 27.8. The van der Waals surface area contributed by atoms with E-state index in [2.05, 4.69) is 40.0 Å². The fourth-order valence-electron chi connectivity index (χ4n) is 6.91. The maximum atomic E-state index is 2.76. The van der Waals surface area contributed by atoms with Gasteiger partial charge in [0.25, 0.3) is 0 Å². The lowest BCUT2D eigenvalue weighted by atomic mass is 10.0. The van der Waals surface area contributed by atoms with Gasteiger partial charge in [0.15, 0.2) is 0 Å². The van der Waals surface area contributed by atoms with E-state index in [1.54, 1.807) is 12.1 Å². The first-order valence-electron chi connectivity index (χ1n) is 20.4. The van der Waals surface area contributed by atoms with E-state index in [1.807, 2.05) is 0 Å². The fraction of sp³-hybridized carbons (Fsp3) is 1.00. The highest BCUT2D eigenvalue weighted by atomic mass is 29.3. The zero-order valence-electron chi connectivity index (χ0n) is 31.0. The molecule has 0 saturated carbocycles. The Morgan fingerprint density at radius 1 is 0.214 bits per heavy atom. The van der Waals surface area contributed by atoms with Crippen LogP contribution in [0, 0.1) is 0 Å². The van der Waals surface area contributed by atoms with Crippen molar-refractivity contribution in [3.05, 3.63) is 0 Å². The van der Waals surface area contributed by atoms with Crippen molar-refractivity contribution in [2.24, 2.45) is 0 Å². The molecular weight excluding hydrogens is 537 g/mol. The van der Waals surface area contributed by atoms with Crippen LogP contribution in [0.2, 0.25) is 38.3 Å². The molecular formula is C40H86Si2. The van der Waals surface area contributed by atoms with Crippen LogP contribution in [0.4, 0.5) is 0 Å². The van der Waals surface area contributed by atoms with Gasteiger partial charge in [-0.2, -0.15) is 0 Å². The molecule has 0 spiro atoms. The van der Waals surface area contributed by atoms with Crippen molar-refractivity contribution in [1.29, 1.82) is 0 Å². The Kier molecular flexibility index (Phi) is 31.7. The minimum Gasteiger partial charge on any atom is -0.0713 e. The van der Waals surface area contributed by atoms with Crippen molar-refractivity contribution in [3.8, 4) is 0 Å². The second-order valence-corrected chi connectivity index (χ2v) is 32.5. The van der Waals surface area contributed by atoms with Crippen LogP contribution in [-0.2, 0) is 0 Å². The predicted octanol–water partition coefficient (Wildman–Crippen LogP) is 16.0. The highest BCUT2D eigenvalue weighted by molar-refractivity contribution is 7.40. The third-order valence-electron chi connectivity index (χ3n) is 11.1. The minimum absolute atomic E-state index is 1.01. The van der Waals surface area contributed by atoms with E-state index in [0.717, 1.165) is 0 Å². The van der Waals surface area contributed by atoms with Gasteiger partial charge in [-0.3, -0.25) is 0 Å². The smallest absolute Gasteiger partial charge is 0.0412 e. The summed E-state index contributed by atoms with van der Waals surface area (Å²) in [4.78, 5) is 0. The number of hydrogen-bond donors (Lipinski definition) is 0. The van der Waals surface area contributed by atoms with Crippen LogP contribution < -0.4 is 0 Å². The average molecular weight is 623 g/mol. The van der Waals surface area contributed by atoms with Gasteiger partial charge in [-0.1, -0.05) is 258 Å². The zero-order valence-corrected chi connectivity index (χ0v) is 33.0. The number of hydrogen-bond acceptors (Lipinski definition) is 0. The second-order valence-electron chi connectivity index (χ2n) is 15.9. The lowest BCUT2D eigenvalue weighted by molar-refractivity contribution is 0.531. The molecule has 254 valence electrons. The Balaban J connectivity index is 3.53. The lowest BCUT2D eigenvalue weighted by Crippen LogP contribution is -2.54. The van der Waals surface area contributed by atoms with E-state index >= 15 is 0 Å². The monoisotopic (exact) mass is 623 g/mol. The molecule has 0 aliphatic rings. The third-order valence-corrected chi connectivity index (χ3v) is 30.5. The largest absolute Gasteiger partial charge is 0.0713 e. The molecule has 0 aromatic heterocycles. The Morgan fingerprint density at radius 3 is 0.524 bits per heavy atom. The highest BCUT2D eigenvalue weighted by Crippen LogP contribution is 2.31. The van der Waals surface area contributed by atoms with Crippen molar-refractivity contribution < 1.29 is 0 Å². The molecule has 0 aliphatic carbocycles. The first-order chi connectivity index (χ1) is 20.4. The van der Waals surface area contributed by atoms with Gasteiger partial charge in [-0.05, 0) is 0 Å². The molecule has 2 heteroatoms. The van der Waals surface area contributed by atoms with Crippen LogP contribution in [0.1, 0.15) is 219 Å². The van der Waals surface area contributed by atoms with Crippen LogP contribution in [0.25, 0.3) is 0 Å². The van der Waals surface area contributed by atoms with E-state index in [0.29, 0.717) is 0 Å². The molecule has 0 aliphatic heterocycles. The maximum absolute atomic E-state index is 2.76. The summed E-state index contributed by atoms with van der Waals surface area (Å²) in [5, 5.41) is 0. The minimum atomic E-state index is -1.01. The summed E-state index contributed by atoms with van der Waals surface area (Å²) in [7, 11) is -2.02. The Hall–Kier alpha value is 0.434. The molecule has 0 heterocycles. The van der Waals surface area contributed by atoms with E-state index in [1.165, 1.54) is 205 Å². The van der Waals surface area contributed by atoms with E-state index in [-0.39, 0.29) is 0 Å². The average Bonchev–Trinajstić information content (AvgIpc) is 2.96. The van der Waals surface area contributed by atoms with E-state index < -0.39 is 15.2 Å². The number of unbranched alkanes of at least 4 members (excludes halogenated alkanes) is 30. The third kappa shape index (κ3) is 27.9. The topological polar surface area (TPSA) is 0 Å². The summed E-state index contributed by atoms with van der Waals surface area (Å²) in [6.45, 7) is 15.7. The number of rotatable bonds is 35. The van der Waals surface area contributed by atoms with Crippen molar-refractivity contribution in [1.82, 2.24) is 0 Å². The summed E-state index contributed by atoms with van der Waals surface area (Å²) < 4.78 is 0. The highest BCUT2D eigenvalue weighted by Gasteiger charge is 2.39. The molecule has 0 aromatic carbocycles.